The monoisotopic (exact) mass is 729 g/mol. The predicted octanol–water partition coefficient (Wildman–Crippen LogP) is 2.86. The Balaban J connectivity index is 1.42. The van der Waals surface area contributed by atoms with Crippen molar-refractivity contribution in [3.63, 3.8) is 0 Å². The molecular weight excluding hydrogens is 674 g/mol. The van der Waals surface area contributed by atoms with Crippen molar-refractivity contribution in [3.05, 3.63) is 36.9 Å². The maximum atomic E-state index is 15.0. The maximum absolute atomic E-state index is 15.0. The van der Waals surface area contributed by atoms with Gasteiger partial charge in [-0.1, -0.05) is 65.4 Å². The van der Waals surface area contributed by atoms with Crippen LogP contribution in [0.25, 0.3) is 0 Å². The van der Waals surface area contributed by atoms with Crippen molar-refractivity contribution in [1.29, 1.82) is 0 Å². The number of hydrogen-bond acceptors (Lipinski definition) is 8. The third-order valence-electron chi connectivity index (χ3n) is 12.3. The molecule has 1 aromatic heterocycles. The Morgan fingerprint density at radius 3 is 2.34 bits per heavy atom. The number of ketones is 1. The number of terminal acetylenes is 1. The van der Waals surface area contributed by atoms with Crippen molar-refractivity contribution < 1.29 is 28.8 Å². The Bertz CT molecular complexity index is 1590. The molecule has 1 aliphatic heterocycles. The Morgan fingerprint density at radius 1 is 1.00 bits per heavy atom. The molecule has 6 atom stereocenters. The second kappa shape index (κ2) is 17.0. The van der Waals surface area contributed by atoms with Crippen LogP contribution in [-0.4, -0.2) is 87.4 Å². The smallest absolute Gasteiger partial charge is 0.289 e. The minimum Gasteiger partial charge on any atom is -0.346 e. The largest absolute Gasteiger partial charge is 0.346 e. The Kier molecular flexibility index (Phi) is 12.7. The van der Waals surface area contributed by atoms with Gasteiger partial charge >= 0.3 is 0 Å². The van der Waals surface area contributed by atoms with Crippen LogP contribution in [0.2, 0.25) is 0 Å². The summed E-state index contributed by atoms with van der Waals surface area (Å²) in [5, 5.41) is 11.3. The normalized spacial score (nSPS) is 24.6. The number of nitrogens with zero attached hydrogens (tertiary/aromatic N) is 3. The molecule has 3 saturated carbocycles. The van der Waals surface area contributed by atoms with Gasteiger partial charge in [-0.2, -0.15) is 0 Å². The average molecular weight is 730 g/mol. The lowest BCUT2D eigenvalue weighted by atomic mass is 9.69. The first-order chi connectivity index (χ1) is 25.3. The molecule has 4 aliphatic rings. The average Bonchev–Trinajstić information content (AvgIpc) is 3.46. The van der Waals surface area contributed by atoms with Gasteiger partial charge in [0.15, 0.2) is 0 Å². The molecule has 5 rings (SSSR count). The molecule has 13 nitrogen and oxygen atoms in total. The maximum Gasteiger partial charge on any atom is 0.289 e. The van der Waals surface area contributed by atoms with Crippen molar-refractivity contribution in [1.82, 2.24) is 36.1 Å². The second-order valence-corrected chi connectivity index (χ2v) is 16.2. The number of nitrogens with one attached hydrogen (secondary N) is 4. The highest BCUT2D eigenvalue weighted by molar-refractivity contribution is 6.38. The van der Waals surface area contributed by atoms with E-state index in [-0.39, 0.29) is 54.2 Å². The van der Waals surface area contributed by atoms with E-state index < -0.39 is 59.0 Å². The number of Topliss-reactive ketones (excluding diaryl/α,β-unsaturated/α-hetero) is 1. The predicted molar refractivity (Wildman–Crippen MR) is 197 cm³/mol. The van der Waals surface area contributed by atoms with Gasteiger partial charge in [0, 0.05) is 31.9 Å². The highest BCUT2D eigenvalue weighted by atomic mass is 16.2. The molecule has 53 heavy (non-hydrogen) atoms. The van der Waals surface area contributed by atoms with E-state index in [2.05, 4.69) is 57.6 Å². The molecule has 0 spiro atoms. The van der Waals surface area contributed by atoms with E-state index in [0.29, 0.717) is 19.4 Å². The second-order valence-electron chi connectivity index (χ2n) is 16.2. The van der Waals surface area contributed by atoms with Crippen molar-refractivity contribution >= 4 is 35.3 Å². The fraction of sp³-hybridized carbons (Fsp3) is 0.650. The molecule has 4 fully saturated rings. The number of rotatable bonds is 15. The van der Waals surface area contributed by atoms with Gasteiger partial charge in [-0.3, -0.25) is 33.8 Å². The van der Waals surface area contributed by atoms with E-state index in [0.717, 1.165) is 51.4 Å². The number of piperidine rings is 1. The number of likely N-dealkylation sites (tertiary alicyclic amines) is 1. The third kappa shape index (κ3) is 8.79. The van der Waals surface area contributed by atoms with Crippen molar-refractivity contribution in [2.45, 2.75) is 122 Å². The van der Waals surface area contributed by atoms with Crippen LogP contribution in [0.4, 0.5) is 0 Å². The fourth-order valence-electron chi connectivity index (χ4n) is 9.05. The minimum atomic E-state index is -1.18. The molecule has 1 aromatic rings. The summed E-state index contributed by atoms with van der Waals surface area (Å²) in [4.78, 5) is 92.6. The summed E-state index contributed by atoms with van der Waals surface area (Å²) >= 11 is 0. The molecule has 4 N–H and O–H groups in total. The van der Waals surface area contributed by atoms with E-state index in [1.54, 1.807) is 4.90 Å². The zero-order valence-corrected chi connectivity index (χ0v) is 31.3. The molecule has 3 aliphatic carbocycles. The minimum absolute atomic E-state index is 0.0368. The first-order valence-electron chi connectivity index (χ1n) is 19.2. The zero-order chi connectivity index (χ0) is 38.3. The highest BCUT2D eigenvalue weighted by Gasteiger charge is 2.70. The standard InChI is InChI=1S/C40H55N7O6/c1-6-8-17-27(32(48)37(52)43-20-7-2)44-36(51)31-29-26(39(29,3)4)24-47(31)38(53)33(40(5)18-13-10-14-19-40)46-35(50)30(25-15-11-9-12-16-25)45-34(49)28-23-41-21-22-42-28/h1,7,21-23,25-27,29-31,33H,2,8-20,24H2,3-5H3,(H,43,52)(H,44,51)(H,45,49)(H,46,50)/t26-,27?,29-,30-,31-,33+/m0/s1. The van der Waals surface area contributed by atoms with E-state index in [1.165, 1.54) is 24.7 Å². The molecule has 5 amide bonds. The molecule has 0 radical (unpaired) electrons. The number of aromatic nitrogens is 2. The molecule has 1 unspecified atom stereocenters. The lowest BCUT2D eigenvalue weighted by molar-refractivity contribution is -0.148. The van der Waals surface area contributed by atoms with Gasteiger partial charge in [-0.05, 0) is 60.7 Å². The number of amides is 5. The summed E-state index contributed by atoms with van der Waals surface area (Å²) in [6.07, 6.45) is 20.0. The zero-order valence-electron chi connectivity index (χ0n) is 31.3. The molecule has 0 bridgehead atoms. The number of hydrogen-bond donors (Lipinski definition) is 4. The molecule has 1 saturated heterocycles. The van der Waals surface area contributed by atoms with Gasteiger partial charge in [0.25, 0.3) is 11.8 Å². The van der Waals surface area contributed by atoms with Gasteiger partial charge in [-0.25, -0.2) is 4.98 Å². The van der Waals surface area contributed by atoms with Crippen molar-refractivity contribution in [2.75, 3.05) is 13.1 Å². The van der Waals surface area contributed by atoms with Crippen LogP contribution in [0.15, 0.2) is 31.2 Å². The van der Waals surface area contributed by atoms with Crippen LogP contribution in [0, 0.1) is 40.9 Å². The van der Waals surface area contributed by atoms with Crippen LogP contribution in [0.3, 0.4) is 0 Å². The Morgan fingerprint density at radius 2 is 1.70 bits per heavy atom. The van der Waals surface area contributed by atoms with Gasteiger partial charge in [0.05, 0.1) is 12.2 Å². The van der Waals surface area contributed by atoms with E-state index in [1.807, 2.05) is 6.92 Å². The summed E-state index contributed by atoms with van der Waals surface area (Å²) < 4.78 is 0. The van der Waals surface area contributed by atoms with Gasteiger partial charge in [-0.15, -0.1) is 18.9 Å². The molecule has 286 valence electrons. The lowest BCUT2D eigenvalue weighted by Gasteiger charge is -2.44. The first kappa shape index (κ1) is 39.6. The van der Waals surface area contributed by atoms with Crippen LogP contribution >= 0.6 is 0 Å². The highest BCUT2D eigenvalue weighted by Crippen LogP contribution is 2.65. The summed E-state index contributed by atoms with van der Waals surface area (Å²) in [7, 11) is 0. The van der Waals surface area contributed by atoms with E-state index in [9.17, 15) is 28.8 Å². The molecule has 2 heterocycles. The third-order valence-corrected chi connectivity index (χ3v) is 12.3. The van der Waals surface area contributed by atoms with E-state index >= 15 is 0 Å². The van der Waals surface area contributed by atoms with Crippen LogP contribution in [0.5, 0.6) is 0 Å². The topological polar surface area (TPSA) is 180 Å². The molecule has 0 aromatic carbocycles. The molecular formula is C40H55N7O6. The van der Waals surface area contributed by atoms with Gasteiger partial charge in [0.2, 0.25) is 23.5 Å². The van der Waals surface area contributed by atoms with Crippen LogP contribution < -0.4 is 21.3 Å². The number of carbonyl (C=O) groups excluding carboxylic acids is 6. The summed E-state index contributed by atoms with van der Waals surface area (Å²) in [5.41, 5.74) is -0.740. The van der Waals surface area contributed by atoms with Crippen LogP contribution in [-0.2, 0) is 24.0 Å². The van der Waals surface area contributed by atoms with Crippen molar-refractivity contribution in [3.8, 4) is 12.3 Å². The lowest BCUT2D eigenvalue weighted by Crippen LogP contribution is -2.63. The summed E-state index contributed by atoms with van der Waals surface area (Å²) in [5.74, 6) is -1.31. The van der Waals surface area contributed by atoms with Gasteiger partial charge < -0.3 is 26.2 Å². The fourth-order valence-corrected chi connectivity index (χ4v) is 9.05. The number of fused-ring (bicyclic) bond motifs is 1. The summed E-state index contributed by atoms with van der Waals surface area (Å²) in [6.45, 7) is 10.1. The Hall–Kier alpha value is -4.60. The SMILES string of the molecule is C#CCCC(NC(=O)[C@@H]1[C@@H]2[C@H](CN1C(=O)[C@@H](NC(=O)[C@@H](NC(=O)c1cnccn1)C1CCCCC1)C1(C)CCCCC1)C2(C)C)C(=O)C(=O)NCC=C. The Labute approximate surface area is 312 Å². The quantitative estimate of drug-likeness (QED) is 0.121. The van der Waals surface area contributed by atoms with E-state index in [4.69, 9.17) is 6.42 Å². The van der Waals surface area contributed by atoms with Gasteiger partial charge in [0.1, 0.15) is 23.8 Å². The number of carbonyl (C=O) groups is 6. The first-order valence-corrected chi connectivity index (χ1v) is 19.2. The van der Waals surface area contributed by atoms with Crippen molar-refractivity contribution in [2.24, 2.45) is 28.6 Å². The molecule has 13 heteroatoms. The summed E-state index contributed by atoms with van der Waals surface area (Å²) in [6, 6.07) is -3.96. The van der Waals surface area contributed by atoms with Crippen LogP contribution in [0.1, 0.15) is 108 Å².